The third-order valence-electron chi connectivity index (χ3n) is 3.74. The van der Waals surface area contributed by atoms with Gasteiger partial charge in [0.25, 0.3) is 0 Å². The number of aliphatic imine (C=N–C) groups is 1. The molecule has 0 N–H and O–H groups in total. The molecule has 0 saturated heterocycles. The van der Waals surface area contributed by atoms with Crippen LogP contribution in [-0.4, -0.2) is 39.5 Å². The molecular formula is C18H31FN2OSi. The van der Waals surface area contributed by atoms with Crippen molar-refractivity contribution in [1.29, 1.82) is 0 Å². The van der Waals surface area contributed by atoms with E-state index in [9.17, 15) is 4.39 Å². The van der Waals surface area contributed by atoms with Gasteiger partial charge in [0.2, 0.25) is 0 Å². The number of rotatable bonds is 9. The highest BCUT2D eigenvalue weighted by Crippen LogP contribution is 2.29. The van der Waals surface area contributed by atoms with E-state index in [-0.39, 0.29) is 0 Å². The van der Waals surface area contributed by atoms with Crippen LogP contribution in [0.5, 0.6) is 5.75 Å². The molecule has 0 saturated carbocycles. The van der Waals surface area contributed by atoms with Gasteiger partial charge in [-0.3, -0.25) is 0 Å². The Labute approximate surface area is 141 Å². The molecule has 0 aromatic heterocycles. The normalized spacial score (nSPS) is 12.0. The standard InChI is InChI=1S/C18H31FN2OSi/c1-7-21(3)14-20-17-12-16(13-19)18(11-15(17)2)22-9-8-10-23(4,5)6/h11-12,14H,7-10,13H2,1-6H3. The molecule has 0 spiro atoms. The van der Waals surface area contributed by atoms with Crippen molar-refractivity contribution in [3.05, 3.63) is 23.3 Å². The van der Waals surface area contributed by atoms with Crippen LogP contribution in [-0.2, 0) is 6.67 Å². The van der Waals surface area contributed by atoms with E-state index in [0.717, 1.165) is 24.2 Å². The van der Waals surface area contributed by atoms with Crippen LogP contribution in [0, 0.1) is 6.92 Å². The first-order valence-electron chi connectivity index (χ1n) is 8.33. The van der Waals surface area contributed by atoms with Gasteiger partial charge in [0, 0.05) is 27.2 Å². The van der Waals surface area contributed by atoms with Crippen LogP contribution in [0.2, 0.25) is 25.7 Å². The topological polar surface area (TPSA) is 24.8 Å². The first-order chi connectivity index (χ1) is 10.8. The van der Waals surface area contributed by atoms with Crippen molar-refractivity contribution in [2.24, 2.45) is 4.99 Å². The van der Waals surface area contributed by atoms with Crippen LogP contribution in [0.15, 0.2) is 17.1 Å². The quantitative estimate of drug-likeness (QED) is 0.268. The fourth-order valence-corrected chi connectivity index (χ4v) is 3.32. The predicted molar refractivity (Wildman–Crippen MR) is 101 cm³/mol. The van der Waals surface area contributed by atoms with Crippen LogP contribution in [0.1, 0.15) is 24.5 Å². The first-order valence-corrected chi connectivity index (χ1v) is 12.0. The van der Waals surface area contributed by atoms with Crippen LogP contribution in [0.4, 0.5) is 10.1 Å². The van der Waals surface area contributed by atoms with Crippen molar-refractivity contribution in [1.82, 2.24) is 4.90 Å². The van der Waals surface area contributed by atoms with Gasteiger partial charge in [0.1, 0.15) is 12.4 Å². The number of benzene rings is 1. The average molecular weight is 339 g/mol. The molecular weight excluding hydrogens is 307 g/mol. The van der Waals surface area contributed by atoms with Crippen molar-refractivity contribution >= 4 is 20.1 Å². The highest BCUT2D eigenvalue weighted by molar-refractivity contribution is 6.76. The monoisotopic (exact) mass is 338 g/mol. The Morgan fingerprint density at radius 1 is 1.30 bits per heavy atom. The second kappa shape index (κ2) is 9.06. The molecule has 0 aliphatic heterocycles. The van der Waals surface area contributed by atoms with Crippen molar-refractivity contribution in [2.45, 2.75) is 52.6 Å². The molecule has 130 valence electrons. The Kier molecular flexibility index (Phi) is 7.75. The fourth-order valence-electron chi connectivity index (χ4n) is 2.12. The summed E-state index contributed by atoms with van der Waals surface area (Å²) in [6.07, 6.45) is 2.81. The van der Waals surface area contributed by atoms with Gasteiger partial charge < -0.3 is 9.64 Å². The zero-order valence-corrected chi connectivity index (χ0v) is 16.4. The van der Waals surface area contributed by atoms with Crippen LogP contribution >= 0.6 is 0 Å². The smallest absolute Gasteiger partial charge is 0.125 e. The lowest BCUT2D eigenvalue weighted by molar-refractivity contribution is 0.308. The summed E-state index contributed by atoms with van der Waals surface area (Å²) in [4.78, 5) is 6.42. The molecule has 0 aliphatic carbocycles. The average Bonchev–Trinajstić information content (AvgIpc) is 2.49. The SMILES string of the molecule is CCN(C)C=Nc1cc(CF)c(OCCC[Si](C)(C)C)cc1C. The van der Waals surface area contributed by atoms with Crippen LogP contribution < -0.4 is 4.74 Å². The first kappa shape index (κ1) is 19.7. The number of ether oxygens (including phenoxy) is 1. The minimum Gasteiger partial charge on any atom is -0.493 e. The molecule has 3 nitrogen and oxygen atoms in total. The fraction of sp³-hybridized carbons (Fsp3) is 0.611. The summed E-state index contributed by atoms with van der Waals surface area (Å²) in [6, 6.07) is 4.92. The minimum absolute atomic E-state index is 0.532. The Morgan fingerprint density at radius 2 is 2.00 bits per heavy atom. The summed E-state index contributed by atoms with van der Waals surface area (Å²) < 4.78 is 19.2. The summed E-state index contributed by atoms with van der Waals surface area (Å²) in [5.74, 6) is 0.656. The molecule has 5 heteroatoms. The maximum atomic E-state index is 13.3. The summed E-state index contributed by atoms with van der Waals surface area (Å²) in [7, 11) is 0.923. The lowest BCUT2D eigenvalue weighted by Gasteiger charge is -2.17. The molecule has 0 atom stereocenters. The Hall–Kier alpha value is -1.36. The molecule has 0 amide bonds. The number of hydrogen-bond acceptors (Lipinski definition) is 2. The number of aryl methyl sites for hydroxylation is 1. The molecule has 1 rings (SSSR count). The van der Waals surface area contributed by atoms with E-state index in [2.05, 4.69) is 31.6 Å². The largest absolute Gasteiger partial charge is 0.493 e. The van der Waals surface area contributed by atoms with Crippen molar-refractivity contribution in [2.75, 3.05) is 20.2 Å². The molecule has 23 heavy (non-hydrogen) atoms. The molecule has 0 radical (unpaired) electrons. The van der Waals surface area contributed by atoms with E-state index >= 15 is 0 Å². The van der Waals surface area contributed by atoms with Gasteiger partial charge in [-0.2, -0.15) is 0 Å². The maximum absolute atomic E-state index is 13.3. The van der Waals surface area contributed by atoms with E-state index in [1.54, 1.807) is 12.4 Å². The second-order valence-corrected chi connectivity index (χ2v) is 12.8. The third-order valence-corrected chi connectivity index (χ3v) is 5.60. The van der Waals surface area contributed by atoms with Gasteiger partial charge in [-0.05, 0) is 38.0 Å². The summed E-state index contributed by atoms with van der Waals surface area (Å²) >= 11 is 0. The van der Waals surface area contributed by atoms with Crippen molar-refractivity contribution in [3.63, 3.8) is 0 Å². The molecule has 1 aromatic rings. The van der Waals surface area contributed by atoms with E-state index in [1.807, 2.05) is 24.9 Å². The number of halogens is 1. The Morgan fingerprint density at radius 3 is 2.57 bits per heavy atom. The van der Waals surface area contributed by atoms with E-state index in [0.29, 0.717) is 17.9 Å². The van der Waals surface area contributed by atoms with Gasteiger partial charge in [-0.25, -0.2) is 9.38 Å². The second-order valence-electron chi connectivity index (χ2n) is 7.21. The maximum Gasteiger partial charge on any atom is 0.125 e. The van der Waals surface area contributed by atoms with Gasteiger partial charge in [0.05, 0.1) is 18.6 Å². The van der Waals surface area contributed by atoms with Gasteiger partial charge in [-0.1, -0.05) is 25.7 Å². The highest BCUT2D eigenvalue weighted by atomic mass is 28.3. The van der Waals surface area contributed by atoms with E-state index < -0.39 is 14.7 Å². The number of hydrogen-bond donors (Lipinski definition) is 0. The van der Waals surface area contributed by atoms with E-state index in [1.165, 1.54) is 6.04 Å². The Balaban J connectivity index is 2.78. The van der Waals surface area contributed by atoms with E-state index in [4.69, 9.17) is 4.74 Å². The molecule has 0 bridgehead atoms. The summed E-state index contributed by atoms with van der Waals surface area (Å²) in [6.45, 7) is 12.1. The number of alkyl halides is 1. The van der Waals surface area contributed by atoms with Crippen LogP contribution in [0.25, 0.3) is 0 Å². The van der Waals surface area contributed by atoms with Crippen molar-refractivity contribution in [3.8, 4) is 5.75 Å². The molecule has 0 fully saturated rings. The molecule has 1 aromatic carbocycles. The van der Waals surface area contributed by atoms with Gasteiger partial charge in [-0.15, -0.1) is 0 Å². The third kappa shape index (κ3) is 7.16. The molecule has 0 unspecified atom stereocenters. The summed E-state index contributed by atoms with van der Waals surface area (Å²) in [5, 5.41) is 0. The summed E-state index contributed by atoms with van der Waals surface area (Å²) in [5.41, 5.74) is 2.38. The predicted octanol–water partition coefficient (Wildman–Crippen LogP) is 5.18. The van der Waals surface area contributed by atoms with Gasteiger partial charge in [0.15, 0.2) is 0 Å². The zero-order valence-electron chi connectivity index (χ0n) is 15.4. The molecule has 0 aliphatic rings. The number of nitrogens with zero attached hydrogens (tertiary/aromatic N) is 2. The Bertz CT molecular complexity index is 526. The van der Waals surface area contributed by atoms with Crippen molar-refractivity contribution < 1.29 is 9.13 Å². The zero-order chi connectivity index (χ0) is 17.5. The highest BCUT2D eigenvalue weighted by Gasteiger charge is 2.13. The van der Waals surface area contributed by atoms with Gasteiger partial charge >= 0.3 is 0 Å². The lowest BCUT2D eigenvalue weighted by Crippen LogP contribution is -2.20. The van der Waals surface area contributed by atoms with Crippen LogP contribution in [0.3, 0.4) is 0 Å². The minimum atomic E-state index is -1.04. The molecule has 0 heterocycles. The lowest BCUT2D eigenvalue weighted by atomic mass is 10.1.